The molecule has 1 aromatic heterocycles. The van der Waals surface area contributed by atoms with Crippen molar-refractivity contribution in [2.45, 2.75) is 13.8 Å². The molecule has 0 aliphatic carbocycles. The van der Waals surface area contributed by atoms with Crippen LogP contribution in [-0.2, 0) is 4.74 Å². The van der Waals surface area contributed by atoms with E-state index >= 15 is 0 Å². The molecular weight excluding hydrogens is 304 g/mol. The predicted octanol–water partition coefficient (Wildman–Crippen LogP) is 2.42. The molecule has 2 aromatic rings. The predicted molar refractivity (Wildman–Crippen MR) is 92.6 cm³/mol. The average molecular weight is 326 g/mol. The lowest BCUT2D eigenvalue weighted by Gasteiger charge is -2.26. The van der Waals surface area contributed by atoms with Gasteiger partial charge in [-0.2, -0.15) is 0 Å². The third-order valence-corrected chi connectivity index (χ3v) is 4.06. The topological polar surface area (TPSA) is 58.6 Å². The van der Waals surface area contributed by atoms with Crippen molar-refractivity contribution >= 4 is 17.4 Å². The SMILES string of the molecule is CCN(c1cccc(C)c1)c1cnc(C(=O)N2CCOCC2)cn1. The quantitative estimate of drug-likeness (QED) is 0.863. The number of aromatic nitrogens is 2. The molecule has 6 heteroatoms. The van der Waals surface area contributed by atoms with Gasteiger partial charge in [-0.15, -0.1) is 0 Å². The molecule has 1 aromatic carbocycles. The largest absolute Gasteiger partial charge is 0.378 e. The van der Waals surface area contributed by atoms with Crippen molar-refractivity contribution in [3.05, 3.63) is 47.9 Å². The van der Waals surface area contributed by atoms with E-state index < -0.39 is 0 Å². The molecule has 2 heterocycles. The van der Waals surface area contributed by atoms with Gasteiger partial charge < -0.3 is 14.5 Å². The highest BCUT2D eigenvalue weighted by atomic mass is 16.5. The van der Waals surface area contributed by atoms with Gasteiger partial charge in [-0.05, 0) is 31.5 Å². The second-order valence-corrected chi connectivity index (χ2v) is 5.75. The number of hydrogen-bond donors (Lipinski definition) is 0. The summed E-state index contributed by atoms with van der Waals surface area (Å²) < 4.78 is 5.27. The fourth-order valence-corrected chi connectivity index (χ4v) is 2.77. The van der Waals surface area contributed by atoms with E-state index in [-0.39, 0.29) is 5.91 Å². The van der Waals surface area contributed by atoms with Gasteiger partial charge >= 0.3 is 0 Å². The van der Waals surface area contributed by atoms with Gasteiger partial charge in [-0.1, -0.05) is 12.1 Å². The van der Waals surface area contributed by atoms with Gasteiger partial charge in [0.05, 0.1) is 25.6 Å². The van der Waals surface area contributed by atoms with Crippen molar-refractivity contribution in [1.82, 2.24) is 14.9 Å². The summed E-state index contributed by atoms with van der Waals surface area (Å²) in [5, 5.41) is 0. The Hall–Kier alpha value is -2.47. The van der Waals surface area contributed by atoms with E-state index in [1.54, 1.807) is 17.3 Å². The number of morpholine rings is 1. The third-order valence-electron chi connectivity index (χ3n) is 4.06. The van der Waals surface area contributed by atoms with Gasteiger partial charge in [0.2, 0.25) is 0 Å². The van der Waals surface area contributed by atoms with Crippen LogP contribution in [0, 0.1) is 6.92 Å². The van der Waals surface area contributed by atoms with Crippen molar-refractivity contribution < 1.29 is 9.53 Å². The molecule has 1 aliphatic heterocycles. The molecule has 126 valence electrons. The third kappa shape index (κ3) is 3.54. The van der Waals surface area contributed by atoms with Gasteiger partial charge in [0, 0.05) is 25.3 Å². The summed E-state index contributed by atoms with van der Waals surface area (Å²) in [6, 6.07) is 8.24. The maximum Gasteiger partial charge on any atom is 0.274 e. The summed E-state index contributed by atoms with van der Waals surface area (Å²) in [5.41, 5.74) is 2.64. The molecule has 1 saturated heterocycles. The molecule has 1 aliphatic rings. The minimum atomic E-state index is -0.0871. The van der Waals surface area contributed by atoms with E-state index in [4.69, 9.17) is 4.74 Å². The Morgan fingerprint density at radius 1 is 1.25 bits per heavy atom. The zero-order valence-electron chi connectivity index (χ0n) is 14.1. The zero-order chi connectivity index (χ0) is 16.9. The van der Waals surface area contributed by atoms with Gasteiger partial charge in [-0.3, -0.25) is 4.79 Å². The second-order valence-electron chi connectivity index (χ2n) is 5.75. The van der Waals surface area contributed by atoms with Crippen molar-refractivity contribution in [3.8, 4) is 0 Å². The van der Waals surface area contributed by atoms with E-state index in [0.29, 0.717) is 32.0 Å². The lowest BCUT2D eigenvalue weighted by molar-refractivity contribution is 0.0298. The van der Waals surface area contributed by atoms with Crippen molar-refractivity contribution in [1.29, 1.82) is 0 Å². The van der Waals surface area contributed by atoms with Crippen LogP contribution in [0.2, 0.25) is 0 Å². The van der Waals surface area contributed by atoms with Crippen LogP contribution in [0.5, 0.6) is 0 Å². The summed E-state index contributed by atoms with van der Waals surface area (Å²) in [4.78, 5) is 25.0. The molecular formula is C18H22N4O2. The number of carbonyl (C=O) groups is 1. The number of carbonyl (C=O) groups excluding carboxylic acids is 1. The summed E-state index contributed by atoms with van der Waals surface area (Å²) in [5.74, 6) is 0.651. The minimum absolute atomic E-state index is 0.0871. The molecule has 3 rings (SSSR count). The van der Waals surface area contributed by atoms with Crippen LogP contribution in [-0.4, -0.2) is 53.6 Å². The fraction of sp³-hybridized carbons (Fsp3) is 0.389. The molecule has 6 nitrogen and oxygen atoms in total. The molecule has 0 bridgehead atoms. The number of ether oxygens (including phenoxy) is 1. The Kier molecular flexibility index (Phi) is 5.05. The lowest BCUT2D eigenvalue weighted by Crippen LogP contribution is -2.41. The second kappa shape index (κ2) is 7.40. The first-order chi connectivity index (χ1) is 11.7. The molecule has 0 radical (unpaired) electrons. The standard InChI is InChI=1S/C18H22N4O2/c1-3-22(15-6-4-5-14(2)11-15)17-13-19-16(12-20-17)18(23)21-7-9-24-10-8-21/h4-6,11-13H,3,7-10H2,1-2H3. The summed E-state index contributed by atoms with van der Waals surface area (Å²) >= 11 is 0. The smallest absolute Gasteiger partial charge is 0.274 e. The highest BCUT2D eigenvalue weighted by Crippen LogP contribution is 2.23. The Bertz CT molecular complexity index is 696. The Labute approximate surface area is 142 Å². The lowest BCUT2D eigenvalue weighted by atomic mass is 10.2. The van der Waals surface area contributed by atoms with Gasteiger partial charge in [-0.25, -0.2) is 9.97 Å². The van der Waals surface area contributed by atoms with Crippen LogP contribution in [0.4, 0.5) is 11.5 Å². The maximum atomic E-state index is 12.4. The number of hydrogen-bond acceptors (Lipinski definition) is 5. The summed E-state index contributed by atoms with van der Waals surface area (Å²) in [6.07, 6.45) is 3.23. The number of rotatable bonds is 4. The summed E-state index contributed by atoms with van der Waals surface area (Å²) in [7, 11) is 0. The Balaban J connectivity index is 1.78. The number of aryl methyl sites for hydroxylation is 1. The van der Waals surface area contributed by atoms with Crippen molar-refractivity contribution in [3.63, 3.8) is 0 Å². The molecule has 0 spiro atoms. The molecule has 0 saturated carbocycles. The molecule has 0 atom stereocenters. The Morgan fingerprint density at radius 2 is 2.04 bits per heavy atom. The zero-order valence-corrected chi connectivity index (χ0v) is 14.1. The average Bonchev–Trinajstić information content (AvgIpc) is 2.63. The van der Waals surface area contributed by atoms with Crippen LogP contribution in [0.3, 0.4) is 0 Å². The van der Waals surface area contributed by atoms with Crippen LogP contribution >= 0.6 is 0 Å². The van der Waals surface area contributed by atoms with E-state index in [2.05, 4.69) is 40.8 Å². The molecule has 24 heavy (non-hydrogen) atoms. The normalized spacial score (nSPS) is 14.5. The van der Waals surface area contributed by atoms with Crippen LogP contribution in [0.15, 0.2) is 36.7 Å². The van der Waals surface area contributed by atoms with E-state index in [1.165, 1.54) is 5.56 Å². The van der Waals surface area contributed by atoms with Crippen LogP contribution in [0.1, 0.15) is 23.0 Å². The maximum absolute atomic E-state index is 12.4. The van der Waals surface area contributed by atoms with Crippen LogP contribution < -0.4 is 4.90 Å². The highest BCUT2D eigenvalue weighted by molar-refractivity contribution is 5.92. The van der Waals surface area contributed by atoms with Gasteiger partial charge in [0.1, 0.15) is 5.69 Å². The number of benzene rings is 1. The Morgan fingerprint density at radius 3 is 2.67 bits per heavy atom. The van der Waals surface area contributed by atoms with Crippen LogP contribution in [0.25, 0.3) is 0 Å². The summed E-state index contributed by atoms with van der Waals surface area (Å²) in [6.45, 7) is 7.26. The first-order valence-electron chi connectivity index (χ1n) is 8.22. The van der Waals surface area contributed by atoms with Gasteiger partial charge in [0.25, 0.3) is 5.91 Å². The van der Waals surface area contributed by atoms with E-state index in [9.17, 15) is 4.79 Å². The van der Waals surface area contributed by atoms with Crippen molar-refractivity contribution in [2.75, 3.05) is 37.7 Å². The number of anilines is 2. The minimum Gasteiger partial charge on any atom is -0.378 e. The number of nitrogens with zero attached hydrogens (tertiary/aromatic N) is 4. The monoisotopic (exact) mass is 326 g/mol. The first-order valence-corrected chi connectivity index (χ1v) is 8.22. The fourth-order valence-electron chi connectivity index (χ4n) is 2.77. The number of amides is 1. The molecule has 1 amide bonds. The van der Waals surface area contributed by atoms with Gasteiger partial charge in [0.15, 0.2) is 5.82 Å². The molecule has 1 fully saturated rings. The molecule has 0 unspecified atom stereocenters. The molecule has 0 N–H and O–H groups in total. The highest BCUT2D eigenvalue weighted by Gasteiger charge is 2.20. The van der Waals surface area contributed by atoms with E-state index in [0.717, 1.165) is 18.1 Å². The van der Waals surface area contributed by atoms with E-state index in [1.807, 2.05) is 12.1 Å². The van der Waals surface area contributed by atoms with Crippen molar-refractivity contribution in [2.24, 2.45) is 0 Å². The first kappa shape index (κ1) is 16.4.